The SMILES string of the molecule is Cc1cc(C)cc(NC(=O)c2ccc(NC(=O)[C@@H]3[C@@H]4C[C@@H]5[C@@H]3C(=O)O[C@H]5C4)cc2)c1. The molecule has 2 aromatic rings. The van der Waals surface area contributed by atoms with E-state index in [1.165, 1.54) is 0 Å². The highest BCUT2D eigenvalue weighted by Gasteiger charge is 2.63. The first-order chi connectivity index (χ1) is 14.4. The van der Waals surface area contributed by atoms with Crippen LogP contribution in [0.2, 0.25) is 0 Å². The number of esters is 1. The molecule has 2 N–H and O–H groups in total. The minimum atomic E-state index is -0.311. The number of carbonyl (C=O) groups is 3. The standard InChI is InChI=1S/C24H24N2O4/c1-12-7-13(2)9-17(8-12)26-22(27)14-3-5-16(6-4-14)25-23(28)20-15-10-18-19(11-15)30-24(29)21(18)20/h3-9,15,18-21H,10-11H2,1-2H3,(H,25,28)(H,26,27)/t15-,18+,19+,20-,21+/m1/s1. The van der Waals surface area contributed by atoms with Crippen molar-refractivity contribution in [2.75, 3.05) is 10.6 Å². The number of ether oxygens (including phenoxy) is 1. The number of benzene rings is 2. The smallest absolute Gasteiger partial charge is 0.310 e. The second kappa shape index (κ2) is 6.97. The highest BCUT2D eigenvalue weighted by Crippen LogP contribution is 2.57. The molecule has 0 aromatic heterocycles. The third-order valence-electron chi connectivity index (χ3n) is 6.68. The molecule has 2 aromatic carbocycles. The summed E-state index contributed by atoms with van der Waals surface area (Å²) in [4.78, 5) is 37.5. The summed E-state index contributed by atoms with van der Waals surface area (Å²) in [5, 5.41) is 5.83. The van der Waals surface area contributed by atoms with Crippen molar-refractivity contribution < 1.29 is 19.1 Å². The molecule has 0 unspecified atom stereocenters. The molecule has 3 aliphatic rings. The van der Waals surface area contributed by atoms with Gasteiger partial charge in [-0.1, -0.05) is 6.07 Å². The lowest BCUT2D eigenvalue weighted by molar-refractivity contribution is -0.145. The van der Waals surface area contributed by atoms with Crippen molar-refractivity contribution in [2.45, 2.75) is 32.8 Å². The summed E-state index contributed by atoms with van der Waals surface area (Å²) in [6.45, 7) is 3.98. The van der Waals surface area contributed by atoms with E-state index in [1.54, 1.807) is 24.3 Å². The van der Waals surface area contributed by atoms with Gasteiger partial charge in [0.25, 0.3) is 5.91 Å². The van der Waals surface area contributed by atoms with Crippen molar-refractivity contribution in [3.05, 3.63) is 59.2 Å². The van der Waals surface area contributed by atoms with Crippen molar-refractivity contribution in [2.24, 2.45) is 23.7 Å². The molecular formula is C24H24N2O4. The second-order valence-electron chi connectivity index (χ2n) is 8.82. The lowest BCUT2D eigenvalue weighted by Gasteiger charge is -2.23. The fourth-order valence-corrected chi connectivity index (χ4v) is 5.54. The Morgan fingerprint density at radius 3 is 2.33 bits per heavy atom. The zero-order chi connectivity index (χ0) is 21.0. The molecule has 6 heteroatoms. The number of anilines is 2. The molecule has 5 atom stereocenters. The average molecular weight is 404 g/mol. The first kappa shape index (κ1) is 18.9. The molecule has 1 heterocycles. The number of aryl methyl sites for hydroxylation is 2. The van der Waals surface area contributed by atoms with Gasteiger partial charge in [0.1, 0.15) is 6.10 Å². The van der Waals surface area contributed by atoms with Crippen LogP contribution < -0.4 is 10.6 Å². The number of fused-ring (bicyclic) bond motifs is 1. The van der Waals surface area contributed by atoms with Crippen molar-refractivity contribution in [1.82, 2.24) is 0 Å². The molecule has 2 bridgehead atoms. The lowest BCUT2D eigenvalue weighted by Crippen LogP contribution is -2.35. The molecule has 1 saturated heterocycles. The van der Waals surface area contributed by atoms with Crippen LogP contribution in [-0.2, 0) is 14.3 Å². The highest BCUT2D eigenvalue weighted by molar-refractivity contribution is 6.05. The van der Waals surface area contributed by atoms with Gasteiger partial charge in [-0.2, -0.15) is 0 Å². The van der Waals surface area contributed by atoms with Crippen LogP contribution in [0.1, 0.15) is 34.3 Å². The summed E-state index contributed by atoms with van der Waals surface area (Å²) in [6, 6.07) is 12.7. The van der Waals surface area contributed by atoms with Crippen molar-refractivity contribution in [1.29, 1.82) is 0 Å². The fourth-order valence-electron chi connectivity index (χ4n) is 5.54. The predicted octanol–water partition coefficient (Wildman–Crippen LogP) is 3.69. The third-order valence-corrected chi connectivity index (χ3v) is 6.68. The van der Waals surface area contributed by atoms with Gasteiger partial charge in [0, 0.05) is 22.9 Å². The van der Waals surface area contributed by atoms with Gasteiger partial charge in [0.15, 0.2) is 0 Å². The molecule has 2 amide bonds. The molecule has 6 nitrogen and oxygen atoms in total. The van der Waals surface area contributed by atoms with E-state index in [1.807, 2.05) is 26.0 Å². The maximum atomic E-state index is 12.9. The largest absolute Gasteiger partial charge is 0.462 e. The minimum Gasteiger partial charge on any atom is -0.462 e. The summed E-state index contributed by atoms with van der Waals surface area (Å²) >= 11 is 0. The highest BCUT2D eigenvalue weighted by atomic mass is 16.6. The van der Waals surface area contributed by atoms with E-state index >= 15 is 0 Å². The maximum absolute atomic E-state index is 12.9. The Morgan fingerprint density at radius 1 is 0.933 bits per heavy atom. The van der Waals surface area contributed by atoms with Gasteiger partial charge in [0.05, 0.1) is 11.8 Å². The number of nitrogens with one attached hydrogen (secondary N) is 2. The summed E-state index contributed by atoms with van der Waals surface area (Å²) in [5.74, 6) is -0.731. The molecule has 30 heavy (non-hydrogen) atoms. The van der Waals surface area contributed by atoms with Crippen molar-refractivity contribution in [3.63, 3.8) is 0 Å². The van der Waals surface area contributed by atoms with Crippen LogP contribution >= 0.6 is 0 Å². The quantitative estimate of drug-likeness (QED) is 0.761. The van der Waals surface area contributed by atoms with Crippen molar-refractivity contribution >= 4 is 29.2 Å². The van der Waals surface area contributed by atoms with Crippen LogP contribution in [0, 0.1) is 37.5 Å². The van der Waals surface area contributed by atoms with Gasteiger partial charge >= 0.3 is 5.97 Å². The van der Waals surface area contributed by atoms with E-state index in [0.29, 0.717) is 11.3 Å². The number of hydrogen-bond donors (Lipinski definition) is 2. The van der Waals surface area contributed by atoms with Gasteiger partial charge in [-0.05, 0) is 80.1 Å². The van der Waals surface area contributed by atoms with Gasteiger partial charge in [-0.15, -0.1) is 0 Å². The Balaban J connectivity index is 1.25. The average Bonchev–Trinajstić information content (AvgIpc) is 3.30. The van der Waals surface area contributed by atoms with E-state index in [-0.39, 0.29) is 47.6 Å². The summed E-state index contributed by atoms with van der Waals surface area (Å²) < 4.78 is 5.41. The lowest BCUT2D eigenvalue weighted by atomic mass is 9.79. The molecular weight excluding hydrogens is 380 g/mol. The molecule has 5 rings (SSSR count). The van der Waals surface area contributed by atoms with Gasteiger partial charge < -0.3 is 15.4 Å². The Morgan fingerprint density at radius 2 is 1.63 bits per heavy atom. The zero-order valence-electron chi connectivity index (χ0n) is 17.0. The van der Waals surface area contributed by atoms with Crippen LogP contribution in [0.3, 0.4) is 0 Å². The van der Waals surface area contributed by atoms with E-state index in [2.05, 4.69) is 16.7 Å². The van der Waals surface area contributed by atoms with E-state index in [9.17, 15) is 14.4 Å². The molecule has 2 saturated carbocycles. The second-order valence-corrected chi connectivity index (χ2v) is 8.82. The first-order valence-corrected chi connectivity index (χ1v) is 10.4. The van der Waals surface area contributed by atoms with Crippen LogP contribution in [0.25, 0.3) is 0 Å². The van der Waals surface area contributed by atoms with Crippen molar-refractivity contribution in [3.8, 4) is 0 Å². The van der Waals surface area contributed by atoms with E-state index in [4.69, 9.17) is 4.74 Å². The fraction of sp³-hybridized carbons (Fsp3) is 0.375. The van der Waals surface area contributed by atoms with E-state index < -0.39 is 0 Å². The summed E-state index contributed by atoms with van der Waals surface area (Å²) in [7, 11) is 0. The van der Waals surface area contributed by atoms with Gasteiger partial charge in [-0.25, -0.2) is 0 Å². The molecule has 0 radical (unpaired) electrons. The zero-order valence-corrected chi connectivity index (χ0v) is 17.0. The van der Waals surface area contributed by atoms with E-state index in [0.717, 1.165) is 29.7 Å². The molecule has 3 fully saturated rings. The Labute approximate surface area is 175 Å². The van der Waals surface area contributed by atoms with Gasteiger partial charge in [0.2, 0.25) is 5.91 Å². The van der Waals surface area contributed by atoms with Crippen LogP contribution in [0.5, 0.6) is 0 Å². The first-order valence-electron chi connectivity index (χ1n) is 10.4. The maximum Gasteiger partial charge on any atom is 0.310 e. The van der Waals surface area contributed by atoms with Crippen LogP contribution in [-0.4, -0.2) is 23.9 Å². The normalized spacial score (nSPS) is 28.3. The Bertz CT molecular complexity index is 1020. The molecule has 0 spiro atoms. The van der Waals surface area contributed by atoms with Crippen LogP contribution in [0.4, 0.5) is 11.4 Å². The topological polar surface area (TPSA) is 84.5 Å². The Kier molecular flexibility index (Phi) is 4.38. The predicted molar refractivity (Wildman–Crippen MR) is 112 cm³/mol. The third kappa shape index (κ3) is 3.16. The molecule has 1 aliphatic heterocycles. The monoisotopic (exact) mass is 404 g/mol. The summed E-state index contributed by atoms with van der Waals surface area (Å²) in [6.07, 6.45) is 1.71. The van der Waals surface area contributed by atoms with Gasteiger partial charge in [-0.3, -0.25) is 14.4 Å². The summed E-state index contributed by atoms with van der Waals surface area (Å²) in [5.41, 5.74) is 4.05. The van der Waals surface area contributed by atoms with Crippen LogP contribution in [0.15, 0.2) is 42.5 Å². The molecule has 154 valence electrons. The molecule has 2 aliphatic carbocycles. The number of carbonyl (C=O) groups excluding carboxylic acids is 3. The number of rotatable bonds is 4. The minimum absolute atomic E-state index is 0.0199. The Hall–Kier alpha value is -3.15. The number of amides is 2. The number of hydrogen-bond acceptors (Lipinski definition) is 4.